The van der Waals surface area contributed by atoms with Crippen LogP contribution < -0.4 is 16.6 Å². The van der Waals surface area contributed by atoms with E-state index in [-0.39, 0.29) is 17.4 Å². The number of hydrogen-bond donors (Lipinski definition) is 3. The van der Waals surface area contributed by atoms with Crippen molar-refractivity contribution in [3.63, 3.8) is 0 Å². The highest BCUT2D eigenvalue weighted by molar-refractivity contribution is 5.76. The van der Waals surface area contributed by atoms with Gasteiger partial charge < -0.3 is 10.7 Å². The van der Waals surface area contributed by atoms with Crippen molar-refractivity contribution < 1.29 is 4.92 Å². The maximum Gasteiger partial charge on any atom is 0.316 e. The number of nitro benzene ring substituents is 1. The Kier molecular flexibility index (Phi) is 4.39. The first-order valence-corrected chi connectivity index (χ1v) is 6.60. The molecule has 0 saturated carbocycles. The second kappa shape index (κ2) is 6.23. The molecule has 110 valence electrons. The van der Waals surface area contributed by atoms with Crippen molar-refractivity contribution in [2.75, 3.05) is 10.7 Å². The lowest BCUT2D eigenvalue weighted by molar-refractivity contribution is -0.383. The van der Waals surface area contributed by atoms with Crippen LogP contribution in [0, 0.1) is 17.0 Å². The van der Waals surface area contributed by atoms with Gasteiger partial charge in [-0.05, 0) is 37.1 Å². The summed E-state index contributed by atoms with van der Waals surface area (Å²) < 4.78 is 0. The van der Waals surface area contributed by atoms with Gasteiger partial charge in [0.2, 0.25) is 0 Å². The molecule has 2 aromatic carbocycles. The zero-order chi connectivity index (χ0) is 15.4. The summed E-state index contributed by atoms with van der Waals surface area (Å²) in [7, 11) is 0. The monoisotopic (exact) mass is 286 g/mol. The first-order chi connectivity index (χ1) is 10.0. The van der Waals surface area contributed by atoms with Gasteiger partial charge in [-0.3, -0.25) is 16.0 Å². The number of nitro groups is 1. The molecule has 0 spiro atoms. The quantitative estimate of drug-likeness (QED) is 0.445. The normalized spacial score (nSPS) is 11.8. The summed E-state index contributed by atoms with van der Waals surface area (Å²) in [6.07, 6.45) is 0. The Labute approximate surface area is 123 Å². The Morgan fingerprint density at radius 2 is 1.81 bits per heavy atom. The van der Waals surface area contributed by atoms with Gasteiger partial charge in [0.25, 0.3) is 0 Å². The summed E-state index contributed by atoms with van der Waals surface area (Å²) in [5.41, 5.74) is 5.25. The summed E-state index contributed by atoms with van der Waals surface area (Å²) in [6, 6.07) is 12.8. The molecular weight excluding hydrogens is 268 g/mol. The van der Waals surface area contributed by atoms with Crippen molar-refractivity contribution in [2.24, 2.45) is 5.84 Å². The maximum absolute atomic E-state index is 11.3. The minimum Gasteiger partial charge on any atom is -0.373 e. The van der Waals surface area contributed by atoms with Crippen LogP contribution in [0.5, 0.6) is 0 Å². The van der Waals surface area contributed by atoms with Crippen molar-refractivity contribution in [1.29, 1.82) is 0 Å². The smallest absolute Gasteiger partial charge is 0.316 e. The zero-order valence-corrected chi connectivity index (χ0v) is 12.0. The number of rotatable bonds is 5. The van der Waals surface area contributed by atoms with Gasteiger partial charge in [0.15, 0.2) is 0 Å². The number of benzene rings is 2. The highest BCUT2D eigenvalue weighted by atomic mass is 16.6. The lowest BCUT2D eigenvalue weighted by Gasteiger charge is -2.18. The van der Waals surface area contributed by atoms with Gasteiger partial charge in [0.1, 0.15) is 11.4 Å². The highest BCUT2D eigenvalue weighted by Crippen LogP contribution is 2.34. The van der Waals surface area contributed by atoms with E-state index in [0.717, 1.165) is 11.1 Å². The Balaban J connectivity index is 2.36. The number of hydrogen-bond acceptors (Lipinski definition) is 5. The number of nitrogens with two attached hydrogens (primary N) is 1. The highest BCUT2D eigenvalue weighted by Gasteiger charge is 2.20. The lowest BCUT2D eigenvalue weighted by atomic mass is 10.0. The van der Waals surface area contributed by atoms with Crippen LogP contribution in [0.25, 0.3) is 0 Å². The van der Waals surface area contributed by atoms with Gasteiger partial charge in [-0.25, -0.2) is 0 Å². The molecule has 0 amide bonds. The van der Waals surface area contributed by atoms with Crippen LogP contribution in [0.4, 0.5) is 17.1 Å². The largest absolute Gasteiger partial charge is 0.373 e. The predicted octanol–water partition coefficient (Wildman–Crippen LogP) is 3.36. The molecule has 4 N–H and O–H groups in total. The van der Waals surface area contributed by atoms with E-state index in [1.54, 1.807) is 18.2 Å². The number of para-hydroxylation sites is 1. The molecule has 0 aliphatic carbocycles. The second-order valence-corrected chi connectivity index (χ2v) is 4.83. The zero-order valence-electron chi connectivity index (χ0n) is 12.0. The van der Waals surface area contributed by atoms with Gasteiger partial charge in [-0.15, -0.1) is 0 Å². The molecule has 1 unspecified atom stereocenters. The van der Waals surface area contributed by atoms with Crippen LogP contribution >= 0.6 is 0 Å². The minimum atomic E-state index is -0.442. The van der Waals surface area contributed by atoms with E-state index in [0.29, 0.717) is 5.69 Å². The predicted molar refractivity (Wildman–Crippen MR) is 84.1 cm³/mol. The van der Waals surface area contributed by atoms with Crippen molar-refractivity contribution >= 4 is 17.1 Å². The van der Waals surface area contributed by atoms with E-state index in [9.17, 15) is 10.1 Å². The summed E-state index contributed by atoms with van der Waals surface area (Å²) >= 11 is 0. The molecule has 0 aliphatic heterocycles. The molecule has 2 rings (SSSR count). The summed E-state index contributed by atoms with van der Waals surface area (Å²) in [5, 5.41) is 14.4. The minimum absolute atomic E-state index is 0.0552. The third-order valence-electron chi connectivity index (χ3n) is 3.40. The summed E-state index contributed by atoms with van der Waals surface area (Å²) in [5.74, 6) is 5.34. The number of hydrazine groups is 1. The number of aryl methyl sites for hydroxylation is 1. The number of anilines is 2. The topological polar surface area (TPSA) is 93.2 Å². The average molecular weight is 286 g/mol. The van der Waals surface area contributed by atoms with E-state index in [1.165, 1.54) is 0 Å². The van der Waals surface area contributed by atoms with E-state index in [4.69, 9.17) is 5.84 Å². The first kappa shape index (κ1) is 14.8. The maximum atomic E-state index is 11.3. The molecule has 0 fully saturated rings. The van der Waals surface area contributed by atoms with Crippen LogP contribution in [0.2, 0.25) is 0 Å². The molecule has 0 radical (unpaired) electrons. The fraction of sp³-hybridized carbons (Fsp3) is 0.200. The van der Waals surface area contributed by atoms with Crippen LogP contribution in [-0.4, -0.2) is 4.92 Å². The summed E-state index contributed by atoms with van der Waals surface area (Å²) in [6.45, 7) is 3.98. The lowest BCUT2D eigenvalue weighted by Crippen LogP contribution is -2.13. The molecular formula is C15H18N4O2. The standard InChI is InChI=1S/C15H18N4O2/c1-10-6-3-4-7-12(10)11(2)17-13-8-5-9-14(18-16)15(13)19(20)21/h3-9,11,17-18H,16H2,1-2H3. The molecule has 1 atom stereocenters. The molecule has 0 heterocycles. The Hall–Kier alpha value is -2.60. The summed E-state index contributed by atoms with van der Waals surface area (Å²) in [4.78, 5) is 10.8. The molecule has 6 heteroatoms. The Bertz CT molecular complexity index is 658. The average Bonchev–Trinajstić information content (AvgIpc) is 2.46. The molecule has 6 nitrogen and oxygen atoms in total. The van der Waals surface area contributed by atoms with Crippen LogP contribution in [0.3, 0.4) is 0 Å². The van der Waals surface area contributed by atoms with Crippen molar-refractivity contribution in [2.45, 2.75) is 19.9 Å². The molecule has 0 bridgehead atoms. The van der Waals surface area contributed by atoms with E-state index in [1.807, 2.05) is 38.1 Å². The molecule has 0 saturated heterocycles. The Morgan fingerprint density at radius 1 is 1.14 bits per heavy atom. The van der Waals surface area contributed by atoms with Crippen LogP contribution in [0.15, 0.2) is 42.5 Å². The molecule has 21 heavy (non-hydrogen) atoms. The Morgan fingerprint density at radius 3 is 2.43 bits per heavy atom. The van der Waals surface area contributed by atoms with Gasteiger partial charge in [-0.1, -0.05) is 30.3 Å². The van der Waals surface area contributed by atoms with Crippen LogP contribution in [0.1, 0.15) is 24.1 Å². The van der Waals surface area contributed by atoms with Gasteiger partial charge >= 0.3 is 5.69 Å². The molecule has 0 aromatic heterocycles. The van der Waals surface area contributed by atoms with Gasteiger partial charge in [0, 0.05) is 6.04 Å². The number of nitrogens with zero attached hydrogens (tertiary/aromatic N) is 1. The number of nitrogen functional groups attached to an aromatic ring is 1. The first-order valence-electron chi connectivity index (χ1n) is 6.60. The molecule has 0 aliphatic rings. The van der Waals surface area contributed by atoms with E-state index < -0.39 is 4.92 Å². The fourth-order valence-electron chi connectivity index (χ4n) is 2.36. The SMILES string of the molecule is Cc1ccccc1C(C)Nc1cccc(NN)c1[N+](=O)[O-]. The van der Waals surface area contributed by atoms with E-state index >= 15 is 0 Å². The second-order valence-electron chi connectivity index (χ2n) is 4.83. The van der Waals surface area contributed by atoms with Crippen LogP contribution in [-0.2, 0) is 0 Å². The fourth-order valence-corrected chi connectivity index (χ4v) is 2.36. The van der Waals surface area contributed by atoms with E-state index in [2.05, 4.69) is 10.7 Å². The van der Waals surface area contributed by atoms with Gasteiger partial charge in [-0.2, -0.15) is 0 Å². The van der Waals surface area contributed by atoms with Gasteiger partial charge in [0.05, 0.1) is 4.92 Å². The number of nitrogens with one attached hydrogen (secondary N) is 2. The molecule has 2 aromatic rings. The van der Waals surface area contributed by atoms with Crippen molar-refractivity contribution in [3.05, 3.63) is 63.7 Å². The third kappa shape index (κ3) is 3.11. The van der Waals surface area contributed by atoms with Crippen molar-refractivity contribution in [3.8, 4) is 0 Å². The van der Waals surface area contributed by atoms with Crippen molar-refractivity contribution in [1.82, 2.24) is 0 Å². The third-order valence-corrected chi connectivity index (χ3v) is 3.40.